The first-order valence-electron chi connectivity index (χ1n) is 28.4. The number of esters is 1. The lowest BCUT2D eigenvalue weighted by Gasteiger charge is -2.22. The number of unbranched alkanes of at least 4 members (excludes halogenated alkanes) is 40. The van der Waals surface area contributed by atoms with Gasteiger partial charge in [0.2, 0.25) is 5.91 Å². The number of amides is 1. The van der Waals surface area contributed by atoms with E-state index < -0.39 is 12.1 Å². The summed E-state index contributed by atoms with van der Waals surface area (Å²) >= 11 is 0. The van der Waals surface area contributed by atoms with Crippen molar-refractivity contribution < 1.29 is 24.5 Å². The van der Waals surface area contributed by atoms with Crippen LogP contribution in [0.5, 0.6) is 0 Å². The van der Waals surface area contributed by atoms with Gasteiger partial charge in [0.1, 0.15) is 0 Å². The average molecular weight is 891 g/mol. The molecule has 374 valence electrons. The van der Waals surface area contributed by atoms with Gasteiger partial charge in [-0.25, -0.2) is 0 Å². The molecule has 0 heterocycles. The summed E-state index contributed by atoms with van der Waals surface area (Å²) in [6.45, 7) is 4.94. The quantitative estimate of drug-likeness (QED) is 0.0321. The molecule has 2 unspecified atom stereocenters. The molecule has 0 aromatic rings. The molecule has 0 radical (unpaired) electrons. The van der Waals surface area contributed by atoms with Crippen LogP contribution < -0.4 is 5.32 Å². The SMILES string of the molecule is CCCCCC/C=C\CCCCCCCC(=O)OCCCCCCCCCCCCCCCCCC(=O)NC(CO)C(O)CCCCCCCCCCCCCCCCCCCC. The van der Waals surface area contributed by atoms with Gasteiger partial charge in [-0.1, -0.05) is 264 Å². The van der Waals surface area contributed by atoms with Crippen molar-refractivity contribution in [1.29, 1.82) is 0 Å². The molecule has 0 aliphatic rings. The number of allylic oxidation sites excluding steroid dienone is 2. The Morgan fingerprint density at radius 3 is 1.14 bits per heavy atom. The molecule has 0 bridgehead atoms. The maximum atomic E-state index is 12.5. The highest BCUT2D eigenvalue weighted by Crippen LogP contribution is 2.17. The van der Waals surface area contributed by atoms with Gasteiger partial charge in [0.15, 0.2) is 0 Å². The molecule has 63 heavy (non-hydrogen) atoms. The zero-order chi connectivity index (χ0) is 45.8. The Bertz CT molecular complexity index is 939. The molecule has 1 amide bonds. The maximum absolute atomic E-state index is 12.5. The number of ether oxygens (including phenoxy) is 1. The van der Waals surface area contributed by atoms with E-state index in [9.17, 15) is 19.8 Å². The predicted molar refractivity (Wildman–Crippen MR) is 273 cm³/mol. The maximum Gasteiger partial charge on any atom is 0.305 e. The highest BCUT2D eigenvalue weighted by atomic mass is 16.5. The van der Waals surface area contributed by atoms with Crippen LogP contribution in [0.25, 0.3) is 0 Å². The lowest BCUT2D eigenvalue weighted by atomic mass is 10.0. The van der Waals surface area contributed by atoms with Crippen LogP contribution in [0.2, 0.25) is 0 Å². The summed E-state index contributed by atoms with van der Waals surface area (Å²) in [4.78, 5) is 24.5. The van der Waals surface area contributed by atoms with Crippen molar-refractivity contribution in [2.45, 2.75) is 328 Å². The zero-order valence-corrected chi connectivity index (χ0v) is 42.6. The van der Waals surface area contributed by atoms with Crippen molar-refractivity contribution in [2.75, 3.05) is 13.2 Å². The van der Waals surface area contributed by atoms with Crippen LogP contribution in [-0.4, -0.2) is 47.4 Å². The average Bonchev–Trinajstić information content (AvgIpc) is 3.28. The molecule has 0 rings (SSSR count). The lowest BCUT2D eigenvalue weighted by Crippen LogP contribution is -2.45. The van der Waals surface area contributed by atoms with E-state index in [1.807, 2.05) is 0 Å². The van der Waals surface area contributed by atoms with Crippen molar-refractivity contribution in [3.8, 4) is 0 Å². The number of carbonyl (C=O) groups excluding carboxylic acids is 2. The number of hydrogen-bond donors (Lipinski definition) is 3. The van der Waals surface area contributed by atoms with Crippen LogP contribution in [0, 0.1) is 0 Å². The minimum atomic E-state index is -0.670. The molecule has 0 aliphatic heterocycles. The van der Waals surface area contributed by atoms with Crippen molar-refractivity contribution in [2.24, 2.45) is 0 Å². The van der Waals surface area contributed by atoms with Crippen molar-refractivity contribution in [3.05, 3.63) is 12.2 Å². The molecule has 0 saturated heterocycles. The van der Waals surface area contributed by atoms with E-state index in [0.29, 0.717) is 25.9 Å². The second-order valence-electron chi connectivity index (χ2n) is 19.6. The Morgan fingerprint density at radius 1 is 0.429 bits per heavy atom. The first-order chi connectivity index (χ1) is 31.0. The molecule has 0 saturated carbocycles. The Balaban J connectivity index is 3.43. The van der Waals surface area contributed by atoms with E-state index in [-0.39, 0.29) is 18.5 Å². The third kappa shape index (κ3) is 49.9. The van der Waals surface area contributed by atoms with Gasteiger partial charge in [-0.05, 0) is 51.4 Å². The number of rotatable bonds is 53. The van der Waals surface area contributed by atoms with Gasteiger partial charge in [-0.2, -0.15) is 0 Å². The Morgan fingerprint density at radius 2 is 0.746 bits per heavy atom. The van der Waals surface area contributed by atoms with Crippen LogP contribution in [0.15, 0.2) is 12.2 Å². The third-order valence-corrected chi connectivity index (χ3v) is 13.3. The standard InChI is InChI=1S/C57H111NO5/c1-3-5-7-9-11-13-15-17-18-19-20-22-26-29-33-37-41-45-49-55(60)54(53-59)58-56(61)50-46-42-38-34-30-27-23-21-24-28-32-36-40-44-48-52-63-57(62)51-47-43-39-35-31-25-16-14-12-10-8-6-4-2/h14,16,54-55,59-60H,3-13,15,17-53H2,1-2H3,(H,58,61)/b16-14-. The summed E-state index contributed by atoms with van der Waals surface area (Å²) in [5.74, 6) is -0.0489. The van der Waals surface area contributed by atoms with E-state index in [0.717, 1.165) is 51.4 Å². The molecule has 6 nitrogen and oxygen atoms in total. The summed E-state index contributed by atoms with van der Waals surface area (Å²) in [5, 5.41) is 23.3. The summed E-state index contributed by atoms with van der Waals surface area (Å²) in [5.41, 5.74) is 0. The molecule has 0 aliphatic carbocycles. The van der Waals surface area contributed by atoms with Crippen LogP contribution in [0.4, 0.5) is 0 Å². The van der Waals surface area contributed by atoms with Crippen molar-refractivity contribution in [1.82, 2.24) is 5.32 Å². The van der Waals surface area contributed by atoms with Crippen LogP contribution in [0.3, 0.4) is 0 Å². The Kier molecular flexibility index (Phi) is 52.0. The van der Waals surface area contributed by atoms with Crippen molar-refractivity contribution >= 4 is 11.9 Å². The van der Waals surface area contributed by atoms with E-state index in [4.69, 9.17) is 4.74 Å². The van der Waals surface area contributed by atoms with E-state index >= 15 is 0 Å². The molecule has 3 N–H and O–H groups in total. The minimum absolute atomic E-state index is 0.00786. The molecule has 6 heteroatoms. The third-order valence-electron chi connectivity index (χ3n) is 13.3. The molecule has 0 spiro atoms. The smallest absolute Gasteiger partial charge is 0.305 e. The topological polar surface area (TPSA) is 95.9 Å². The largest absolute Gasteiger partial charge is 0.466 e. The molecule has 0 fully saturated rings. The highest BCUT2D eigenvalue weighted by Gasteiger charge is 2.20. The zero-order valence-electron chi connectivity index (χ0n) is 42.6. The summed E-state index contributed by atoms with van der Waals surface area (Å²) in [7, 11) is 0. The Labute approximate surface area is 393 Å². The van der Waals surface area contributed by atoms with Gasteiger partial charge >= 0.3 is 5.97 Å². The fraction of sp³-hybridized carbons (Fsp3) is 0.930. The normalized spacial score (nSPS) is 12.6. The number of hydrogen-bond acceptors (Lipinski definition) is 5. The van der Waals surface area contributed by atoms with Gasteiger partial charge in [-0.3, -0.25) is 9.59 Å². The highest BCUT2D eigenvalue weighted by molar-refractivity contribution is 5.76. The molecule has 0 aromatic carbocycles. The van der Waals surface area contributed by atoms with Gasteiger partial charge in [0, 0.05) is 12.8 Å². The Hall–Kier alpha value is -1.40. The van der Waals surface area contributed by atoms with Crippen LogP contribution >= 0.6 is 0 Å². The molecular weight excluding hydrogens is 779 g/mol. The number of aliphatic hydroxyl groups is 2. The fourth-order valence-corrected chi connectivity index (χ4v) is 8.93. The van der Waals surface area contributed by atoms with Crippen LogP contribution in [-0.2, 0) is 14.3 Å². The molecule has 2 atom stereocenters. The van der Waals surface area contributed by atoms with E-state index in [2.05, 4.69) is 31.3 Å². The van der Waals surface area contributed by atoms with Crippen molar-refractivity contribution in [3.63, 3.8) is 0 Å². The van der Waals surface area contributed by atoms with Gasteiger partial charge in [0.25, 0.3) is 0 Å². The number of nitrogens with one attached hydrogen (secondary N) is 1. The second kappa shape index (κ2) is 53.2. The minimum Gasteiger partial charge on any atom is -0.466 e. The van der Waals surface area contributed by atoms with E-state index in [1.54, 1.807) is 0 Å². The number of carbonyl (C=O) groups is 2. The van der Waals surface area contributed by atoms with Crippen LogP contribution in [0.1, 0.15) is 316 Å². The summed E-state index contributed by atoms with van der Waals surface area (Å²) < 4.78 is 5.46. The predicted octanol–water partition coefficient (Wildman–Crippen LogP) is 17.3. The fourth-order valence-electron chi connectivity index (χ4n) is 8.93. The first kappa shape index (κ1) is 61.6. The lowest BCUT2D eigenvalue weighted by molar-refractivity contribution is -0.143. The second-order valence-corrected chi connectivity index (χ2v) is 19.6. The number of aliphatic hydroxyl groups excluding tert-OH is 2. The molecule has 0 aromatic heterocycles. The summed E-state index contributed by atoms with van der Waals surface area (Å²) in [6, 6.07) is -0.548. The molecular formula is C57H111NO5. The van der Waals surface area contributed by atoms with Gasteiger partial charge in [0.05, 0.1) is 25.4 Å². The van der Waals surface area contributed by atoms with Gasteiger partial charge < -0.3 is 20.3 Å². The first-order valence-corrected chi connectivity index (χ1v) is 28.4. The summed E-state index contributed by atoms with van der Waals surface area (Å²) in [6.07, 6.45) is 61.9. The van der Waals surface area contributed by atoms with E-state index in [1.165, 1.54) is 231 Å². The van der Waals surface area contributed by atoms with Gasteiger partial charge in [-0.15, -0.1) is 0 Å². The monoisotopic (exact) mass is 890 g/mol.